The number of carbonyl (C=O) groups excluding carboxylic acids is 3. The molecule has 0 aliphatic carbocycles. The molecule has 9 heteroatoms. The molecule has 0 bridgehead atoms. The maximum Gasteiger partial charge on any atom is 0.252 e. The quantitative estimate of drug-likeness (QED) is 0.746. The van der Waals surface area contributed by atoms with Gasteiger partial charge >= 0.3 is 0 Å². The average molecular weight is 463 g/mol. The van der Waals surface area contributed by atoms with Crippen molar-refractivity contribution in [2.45, 2.75) is 65.6 Å². The molecule has 2 aliphatic heterocycles. The maximum absolute atomic E-state index is 13.3. The van der Waals surface area contributed by atoms with Crippen molar-refractivity contribution in [2.24, 2.45) is 5.41 Å². The van der Waals surface area contributed by atoms with Gasteiger partial charge in [-0.3, -0.25) is 14.4 Å². The van der Waals surface area contributed by atoms with Crippen molar-refractivity contribution in [1.82, 2.24) is 10.2 Å². The van der Waals surface area contributed by atoms with Crippen LogP contribution < -0.4 is 5.32 Å². The number of ketones is 1. The molecule has 0 aromatic carbocycles. The van der Waals surface area contributed by atoms with Gasteiger partial charge in [0.15, 0.2) is 5.78 Å². The Morgan fingerprint density at radius 2 is 2.03 bits per heavy atom. The number of hydrogen-bond donors (Lipinski definition) is 1. The predicted octanol–water partition coefficient (Wildman–Crippen LogP) is 3.10. The summed E-state index contributed by atoms with van der Waals surface area (Å²) in [6.07, 6.45) is 1.90. The fourth-order valence-electron chi connectivity index (χ4n) is 3.69. The molecular weight excluding hydrogens is 428 g/mol. The highest BCUT2D eigenvalue weighted by Gasteiger charge is 2.46. The highest BCUT2D eigenvalue weighted by Crippen LogP contribution is 2.29. The van der Waals surface area contributed by atoms with Crippen molar-refractivity contribution in [3.8, 4) is 0 Å². The number of rotatable bonds is 4. The Hall–Kier alpha value is -1.03. The molecule has 2 amide bonds. The molecule has 1 aromatic rings. The van der Waals surface area contributed by atoms with Crippen LogP contribution in [0.3, 0.4) is 0 Å². The number of thiophene rings is 1. The van der Waals surface area contributed by atoms with E-state index in [2.05, 4.69) is 5.32 Å². The minimum atomic E-state index is -0.658. The van der Waals surface area contributed by atoms with Crippen molar-refractivity contribution in [3.05, 3.63) is 22.4 Å². The lowest BCUT2D eigenvalue weighted by Gasteiger charge is -2.38. The molecule has 3 heterocycles. The number of Topliss-reactive ketones (excluding diaryl/α,β-unsaturated/α-hetero) is 1. The molecule has 0 saturated carbocycles. The first kappa shape index (κ1) is 28.0. The number of hydrogen-bond acceptors (Lipinski definition) is 5. The molecule has 0 spiro atoms. The molecular formula is C20H34N2O4S3. The molecule has 0 radical (unpaired) electrons. The van der Waals surface area contributed by atoms with Gasteiger partial charge in [0.25, 0.3) is 5.91 Å². The van der Waals surface area contributed by atoms with E-state index in [0.717, 1.165) is 12.8 Å². The first-order valence-electron chi connectivity index (χ1n) is 9.04. The number of nitrogens with one attached hydrogen (secondary N) is 1. The molecule has 166 valence electrons. The molecule has 0 unspecified atom stereocenters. The number of nitrogens with zero attached hydrogens (tertiary/aromatic N) is 1. The van der Waals surface area contributed by atoms with E-state index < -0.39 is 12.1 Å². The number of likely N-dealkylation sites (tertiary alicyclic amines) is 1. The molecule has 29 heavy (non-hydrogen) atoms. The van der Waals surface area contributed by atoms with Crippen LogP contribution in [-0.4, -0.2) is 53.8 Å². The number of ether oxygens (including phenoxy) is 1. The first-order chi connectivity index (χ1) is 12.3. The second-order valence-electron chi connectivity index (χ2n) is 8.24. The largest absolute Gasteiger partial charge is 0.368 e. The summed E-state index contributed by atoms with van der Waals surface area (Å²) in [5.41, 5.74) is 0.409. The van der Waals surface area contributed by atoms with Crippen LogP contribution in [0.25, 0.3) is 0 Å². The van der Waals surface area contributed by atoms with E-state index in [-0.39, 0.29) is 70.1 Å². The van der Waals surface area contributed by atoms with Crippen molar-refractivity contribution in [3.63, 3.8) is 0 Å². The maximum atomic E-state index is 13.3. The Bertz CT molecular complexity index is 688. The van der Waals surface area contributed by atoms with Crippen molar-refractivity contribution in [1.29, 1.82) is 0 Å². The molecule has 3 atom stereocenters. The van der Waals surface area contributed by atoms with Gasteiger partial charge in [-0.1, -0.05) is 28.2 Å². The summed E-state index contributed by atoms with van der Waals surface area (Å²) < 4.78 is 5.54. The van der Waals surface area contributed by atoms with Gasteiger partial charge in [-0.25, -0.2) is 0 Å². The number of amides is 2. The normalized spacial score (nSPS) is 21.8. The molecule has 2 fully saturated rings. The Morgan fingerprint density at radius 3 is 2.62 bits per heavy atom. The van der Waals surface area contributed by atoms with Crippen molar-refractivity contribution < 1.29 is 19.1 Å². The predicted molar refractivity (Wildman–Crippen MR) is 127 cm³/mol. The van der Waals surface area contributed by atoms with Crippen LogP contribution in [0.15, 0.2) is 16.8 Å². The second-order valence-corrected chi connectivity index (χ2v) is 9.02. The van der Waals surface area contributed by atoms with Gasteiger partial charge in [0.2, 0.25) is 5.91 Å². The lowest BCUT2D eigenvalue weighted by Crippen LogP contribution is -2.58. The fraction of sp³-hybridized carbons (Fsp3) is 0.650. The minimum absolute atomic E-state index is 0. The summed E-state index contributed by atoms with van der Waals surface area (Å²) in [6.45, 7) is 6.71. The van der Waals surface area contributed by atoms with E-state index in [0.29, 0.717) is 18.5 Å². The molecule has 3 rings (SSSR count). The van der Waals surface area contributed by atoms with E-state index in [9.17, 15) is 14.4 Å². The van der Waals surface area contributed by atoms with Crippen LogP contribution in [0.1, 0.15) is 57.8 Å². The summed E-state index contributed by atoms with van der Waals surface area (Å²) in [5, 5.41) is 6.49. The van der Waals surface area contributed by atoms with Crippen molar-refractivity contribution in [2.75, 3.05) is 13.2 Å². The smallest absolute Gasteiger partial charge is 0.252 e. The highest BCUT2D eigenvalue weighted by molar-refractivity contribution is 7.59. The molecule has 1 aromatic heterocycles. The summed E-state index contributed by atoms with van der Waals surface area (Å²) in [7, 11) is 0. The number of carbonyl (C=O) groups is 3. The van der Waals surface area contributed by atoms with E-state index in [1.807, 2.05) is 26.2 Å². The Morgan fingerprint density at radius 1 is 1.34 bits per heavy atom. The second kappa shape index (κ2) is 11.4. The van der Waals surface area contributed by atoms with E-state index in [1.54, 1.807) is 16.3 Å². The number of fused-ring (bicyclic) bond motifs is 1. The van der Waals surface area contributed by atoms with Gasteiger partial charge in [0, 0.05) is 11.9 Å². The Balaban J connectivity index is 0.00000261. The summed E-state index contributed by atoms with van der Waals surface area (Å²) >= 11 is 1.44. The van der Waals surface area contributed by atoms with E-state index in [4.69, 9.17) is 4.74 Å². The van der Waals surface area contributed by atoms with E-state index in [1.165, 1.54) is 11.3 Å². The van der Waals surface area contributed by atoms with Crippen LogP contribution >= 0.6 is 38.3 Å². The van der Waals surface area contributed by atoms with Crippen LogP contribution in [-0.2, 0) is 14.3 Å². The minimum Gasteiger partial charge on any atom is -0.368 e. The third kappa shape index (κ3) is 6.73. The van der Waals surface area contributed by atoms with Gasteiger partial charge in [-0.15, -0.1) is 0 Å². The molecule has 6 nitrogen and oxygen atoms in total. The fourth-order valence-corrected chi connectivity index (χ4v) is 4.32. The van der Waals surface area contributed by atoms with Crippen LogP contribution in [0.2, 0.25) is 0 Å². The van der Waals surface area contributed by atoms with E-state index >= 15 is 0 Å². The summed E-state index contributed by atoms with van der Waals surface area (Å²) in [6, 6.07) is 0.579. The van der Waals surface area contributed by atoms with Crippen LogP contribution in [0.5, 0.6) is 0 Å². The molecule has 2 aliphatic rings. The third-order valence-electron chi connectivity index (χ3n) is 4.83. The SMILES string of the molecule is C.CC(C)(C)C[C@H](NC(=O)c1ccsc1)C(=O)N1CCC[C@@H]2OCC(=O)[C@@H]21.S.S. The Kier molecular flexibility index (Phi) is 11.0. The zero-order valence-electron chi connectivity index (χ0n) is 16.5. The number of piperidine rings is 1. The van der Waals surface area contributed by atoms with Crippen LogP contribution in [0.4, 0.5) is 0 Å². The Labute approximate surface area is 191 Å². The average Bonchev–Trinajstić information content (AvgIpc) is 3.22. The first-order valence-corrected chi connectivity index (χ1v) is 9.98. The lowest BCUT2D eigenvalue weighted by molar-refractivity contribution is -0.143. The monoisotopic (exact) mass is 462 g/mol. The molecule has 1 N–H and O–H groups in total. The van der Waals surface area contributed by atoms with Gasteiger partial charge in [-0.2, -0.15) is 38.3 Å². The van der Waals surface area contributed by atoms with Gasteiger partial charge in [-0.05, 0) is 36.1 Å². The lowest BCUT2D eigenvalue weighted by atomic mass is 9.86. The zero-order valence-corrected chi connectivity index (χ0v) is 19.3. The topological polar surface area (TPSA) is 75.7 Å². The van der Waals surface area contributed by atoms with Gasteiger partial charge in [0.1, 0.15) is 18.7 Å². The standard InChI is InChI=1S/C19H26N2O4S.CH4.2H2S/c1-19(2,3)9-13(20-17(23)12-6-8-26-11-12)18(24)21-7-4-5-15-16(21)14(22)10-25-15;;;/h6,8,11,13,15-16H,4-5,7,9-10H2,1-3H3,(H,20,23);1H4;2*1H2/t13-,15-,16-;;;/m0.../s1. The van der Waals surface area contributed by atoms with Gasteiger partial charge in [0.05, 0.1) is 11.7 Å². The van der Waals surface area contributed by atoms with Crippen LogP contribution in [0, 0.1) is 5.41 Å². The highest BCUT2D eigenvalue weighted by atomic mass is 32.1. The summed E-state index contributed by atoms with van der Waals surface area (Å²) in [4.78, 5) is 39.7. The third-order valence-corrected chi connectivity index (χ3v) is 5.51. The summed E-state index contributed by atoms with van der Waals surface area (Å²) in [5.74, 6) is -0.477. The molecule has 2 saturated heterocycles. The zero-order chi connectivity index (χ0) is 18.9. The van der Waals surface area contributed by atoms with Gasteiger partial charge < -0.3 is 15.0 Å². The van der Waals surface area contributed by atoms with Crippen molar-refractivity contribution >= 4 is 55.9 Å².